The smallest absolute Gasteiger partial charge is 0.250 e. The Bertz CT molecular complexity index is 631. The predicted molar refractivity (Wildman–Crippen MR) is 79.5 cm³/mol. The van der Waals surface area contributed by atoms with Crippen molar-refractivity contribution < 1.29 is 9.18 Å². The first-order valence-corrected chi connectivity index (χ1v) is 7.12. The van der Waals surface area contributed by atoms with Gasteiger partial charge in [-0.05, 0) is 30.7 Å². The van der Waals surface area contributed by atoms with Crippen LogP contribution >= 0.6 is 11.8 Å². The molecule has 0 atom stereocenters. The van der Waals surface area contributed by atoms with Crippen LogP contribution < -0.4 is 5.43 Å². The van der Waals surface area contributed by atoms with Gasteiger partial charge in [-0.1, -0.05) is 23.9 Å². The summed E-state index contributed by atoms with van der Waals surface area (Å²) in [6.07, 6.45) is 3.23. The van der Waals surface area contributed by atoms with Gasteiger partial charge in [0.05, 0.1) is 11.5 Å². The van der Waals surface area contributed by atoms with Crippen molar-refractivity contribution in [3.63, 3.8) is 0 Å². The Morgan fingerprint density at radius 1 is 1.29 bits per heavy atom. The maximum absolute atomic E-state index is 12.8. The van der Waals surface area contributed by atoms with Crippen LogP contribution in [-0.2, 0) is 4.79 Å². The Morgan fingerprint density at radius 3 is 2.62 bits per heavy atom. The first kappa shape index (κ1) is 15.1. The van der Waals surface area contributed by atoms with E-state index in [2.05, 4.69) is 20.5 Å². The fourth-order valence-corrected chi connectivity index (χ4v) is 2.02. The topological polar surface area (TPSA) is 67.2 Å². The van der Waals surface area contributed by atoms with E-state index in [0.717, 1.165) is 5.56 Å². The van der Waals surface area contributed by atoms with Gasteiger partial charge < -0.3 is 0 Å². The van der Waals surface area contributed by atoms with Crippen LogP contribution in [0, 0.1) is 5.82 Å². The van der Waals surface area contributed by atoms with Crippen LogP contribution in [0.3, 0.4) is 0 Å². The summed E-state index contributed by atoms with van der Waals surface area (Å²) in [6, 6.07) is 7.61. The molecule has 0 aliphatic heterocycles. The Balaban J connectivity index is 1.85. The highest BCUT2D eigenvalue weighted by Gasteiger charge is 2.04. The predicted octanol–water partition coefficient (Wildman–Crippen LogP) is 2.25. The Morgan fingerprint density at radius 2 is 1.95 bits per heavy atom. The highest BCUT2D eigenvalue weighted by Crippen LogP contribution is 2.10. The number of halogens is 1. The molecule has 1 N–H and O–H groups in total. The highest BCUT2D eigenvalue weighted by atomic mass is 32.2. The second kappa shape index (κ2) is 7.49. The van der Waals surface area contributed by atoms with Crippen LogP contribution in [-0.4, -0.2) is 27.3 Å². The van der Waals surface area contributed by atoms with Crippen molar-refractivity contribution in [1.82, 2.24) is 15.4 Å². The molecule has 108 valence electrons. The molecule has 0 fully saturated rings. The first-order chi connectivity index (χ1) is 10.1. The van der Waals surface area contributed by atoms with Crippen molar-refractivity contribution in [2.24, 2.45) is 5.10 Å². The van der Waals surface area contributed by atoms with Crippen LogP contribution in [0.5, 0.6) is 0 Å². The summed E-state index contributed by atoms with van der Waals surface area (Å²) in [6.45, 7) is 1.74. The summed E-state index contributed by atoms with van der Waals surface area (Å²) < 4.78 is 12.8. The lowest BCUT2D eigenvalue weighted by Crippen LogP contribution is -2.21. The van der Waals surface area contributed by atoms with Gasteiger partial charge >= 0.3 is 0 Å². The van der Waals surface area contributed by atoms with Crippen LogP contribution in [0.15, 0.2) is 53.0 Å². The van der Waals surface area contributed by atoms with Gasteiger partial charge in [-0.15, -0.1) is 0 Å². The quantitative estimate of drug-likeness (QED) is 0.398. The second-order valence-corrected chi connectivity index (χ2v) is 5.00. The van der Waals surface area contributed by atoms with Crippen LogP contribution in [0.1, 0.15) is 12.5 Å². The zero-order valence-electron chi connectivity index (χ0n) is 11.3. The number of amides is 1. The van der Waals surface area contributed by atoms with Crippen LogP contribution in [0.2, 0.25) is 0 Å². The molecule has 1 aromatic heterocycles. The molecule has 2 rings (SSSR count). The summed E-state index contributed by atoms with van der Waals surface area (Å²) in [5.74, 6) is -0.395. The Labute approximate surface area is 125 Å². The number of thioether (sulfide) groups is 1. The van der Waals surface area contributed by atoms with Crippen molar-refractivity contribution in [1.29, 1.82) is 0 Å². The van der Waals surface area contributed by atoms with E-state index in [-0.39, 0.29) is 17.5 Å². The SMILES string of the molecule is C/C(=N/NC(=O)CSc1ncccn1)c1ccc(F)cc1. The fraction of sp³-hybridized carbons (Fsp3) is 0.143. The molecule has 1 amide bonds. The van der Waals surface area contributed by atoms with E-state index in [9.17, 15) is 9.18 Å². The molecule has 7 heteroatoms. The zero-order chi connectivity index (χ0) is 15.1. The lowest BCUT2D eigenvalue weighted by atomic mass is 10.1. The van der Waals surface area contributed by atoms with E-state index in [1.165, 1.54) is 23.9 Å². The minimum absolute atomic E-state index is 0.171. The van der Waals surface area contributed by atoms with Gasteiger partial charge in [-0.3, -0.25) is 4.79 Å². The lowest BCUT2D eigenvalue weighted by molar-refractivity contribution is -0.118. The molecule has 0 spiro atoms. The van der Waals surface area contributed by atoms with Crippen molar-refractivity contribution in [3.8, 4) is 0 Å². The molecule has 0 radical (unpaired) electrons. The maximum Gasteiger partial charge on any atom is 0.250 e. The number of hydrogen-bond donors (Lipinski definition) is 1. The fourth-order valence-electron chi connectivity index (χ4n) is 1.42. The maximum atomic E-state index is 12.8. The van der Waals surface area contributed by atoms with Crippen LogP contribution in [0.4, 0.5) is 4.39 Å². The van der Waals surface area contributed by atoms with Crippen molar-refractivity contribution in [3.05, 3.63) is 54.1 Å². The van der Waals surface area contributed by atoms with E-state index < -0.39 is 0 Å². The molecule has 2 aromatic rings. The van der Waals surface area contributed by atoms with Crippen molar-refractivity contribution >= 4 is 23.4 Å². The summed E-state index contributed by atoms with van der Waals surface area (Å²) in [5, 5.41) is 4.51. The number of nitrogens with zero attached hydrogens (tertiary/aromatic N) is 3. The van der Waals surface area contributed by atoms with Gasteiger partial charge in [-0.2, -0.15) is 5.10 Å². The molecular formula is C14H13FN4OS. The molecule has 1 aromatic carbocycles. The van der Waals surface area contributed by atoms with Gasteiger partial charge in [0.2, 0.25) is 0 Å². The average Bonchev–Trinajstić information content (AvgIpc) is 2.52. The number of carbonyl (C=O) groups excluding carboxylic acids is 1. The Hall–Kier alpha value is -2.28. The molecule has 0 aliphatic carbocycles. The molecule has 5 nitrogen and oxygen atoms in total. The summed E-state index contributed by atoms with van der Waals surface area (Å²) >= 11 is 1.22. The number of hydrogen-bond acceptors (Lipinski definition) is 5. The largest absolute Gasteiger partial charge is 0.272 e. The van der Waals surface area contributed by atoms with E-state index >= 15 is 0 Å². The Kier molecular flexibility index (Phi) is 5.39. The monoisotopic (exact) mass is 304 g/mol. The average molecular weight is 304 g/mol. The zero-order valence-corrected chi connectivity index (χ0v) is 12.1. The molecule has 21 heavy (non-hydrogen) atoms. The molecule has 0 saturated heterocycles. The van der Waals surface area contributed by atoms with Crippen LogP contribution in [0.25, 0.3) is 0 Å². The van der Waals surface area contributed by atoms with E-state index in [1.54, 1.807) is 37.5 Å². The number of rotatable bonds is 5. The standard InChI is InChI=1S/C14H13FN4OS/c1-10(11-3-5-12(15)6-4-11)18-19-13(20)9-21-14-16-7-2-8-17-14/h2-8H,9H2,1H3,(H,19,20)/b18-10-. The third-order valence-corrected chi connectivity index (χ3v) is 3.36. The number of aromatic nitrogens is 2. The summed E-state index contributed by atoms with van der Waals surface area (Å²) in [5.41, 5.74) is 3.79. The normalized spacial score (nSPS) is 11.2. The van der Waals surface area contributed by atoms with E-state index in [4.69, 9.17) is 0 Å². The minimum Gasteiger partial charge on any atom is -0.272 e. The van der Waals surface area contributed by atoms with Gasteiger partial charge in [0.1, 0.15) is 5.82 Å². The molecule has 0 aliphatic rings. The lowest BCUT2D eigenvalue weighted by Gasteiger charge is -2.02. The first-order valence-electron chi connectivity index (χ1n) is 6.14. The second-order valence-electron chi connectivity index (χ2n) is 4.06. The number of hydrazone groups is 1. The van der Waals surface area contributed by atoms with E-state index in [1.807, 2.05) is 0 Å². The highest BCUT2D eigenvalue weighted by molar-refractivity contribution is 7.99. The molecule has 1 heterocycles. The molecule has 0 bridgehead atoms. The van der Waals surface area contributed by atoms with Gasteiger partial charge in [0.25, 0.3) is 5.91 Å². The van der Waals surface area contributed by atoms with Crippen molar-refractivity contribution in [2.75, 3.05) is 5.75 Å². The summed E-state index contributed by atoms with van der Waals surface area (Å²) in [7, 11) is 0. The molecular weight excluding hydrogens is 291 g/mol. The van der Waals surface area contributed by atoms with Gasteiger partial charge in [0, 0.05) is 12.4 Å². The number of nitrogens with one attached hydrogen (secondary N) is 1. The number of carbonyl (C=O) groups is 1. The minimum atomic E-state index is -0.310. The molecule has 0 unspecified atom stereocenters. The van der Waals surface area contributed by atoms with Crippen molar-refractivity contribution in [2.45, 2.75) is 12.1 Å². The third kappa shape index (κ3) is 4.96. The molecule has 0 saturated carbocycles. The third-order valence-electron chi connectivity index (χ3n) is 2.48. The van der Waals surface area contributed by atoms with Gasteiger partial charge in [-0.25, -0.2) is 19.8 Å². The number of benzene rings is 1. The summed E-state index contributed by atoms with van der Waals surface area (Å²) in [4.78, 5) is 19.7. The van der Waals surface area contributed by atoms with Gasteiger partial charge in [0.15, 0.2) is 5.16 Å². The van der Waals surface area contributed by atoms with E-state index in [0.29, 0.717) is 10.9 Å².